The molecule has 0 fully saturated rings. The number of aromatic nitrogens is 2. The number of benzene rings is 1. The number of para-hydroxylation sites is 1. The first-order valence-corrected chi connectivity index (χ1v) is 8.06. The highest BCUT2D eigenvalue weighted by Gasteiger charge is 2.31. The number of nitrogens with zero attached hydrogens (tertiary/aromatic N) is 4. The van der Waals surface area contributed by atoms with E-state index in [1.807, 2.05) is 37.4 Å². The summed E-state index contributed by atoms with van der Waals surface area (Å²) in [5, 5.41) is 8.33. The lowest BCUT2D eigenvalue weighted by Gasteiger charge is -2.30. The maximum Gasteiger partial charge on any atom is 0.288 e. The molecule has 1 aliphatic rings. The summed E-state index contributed by atoms with van der Waals surface area (Å²) >= 11 is 0. The molecule has 2 heterocycles. The first-order valence-electron chi connectivity index (χ1n) is 8.06. The fourth-order valence-corrected chi connectivity index (χ4v) is 2.53. The van der Waals surface area contributed by atoms with Crippen molar-refractivity contribution in [2.45, 2.75) is 32.5 Å². The van der Waals surface area contributed by atoms with E-state index in [0.717, 1.165) is 0 Å². The van der Waals surface area contributed by atoms with E-state index in [1.54, 1.807) is 29.9 Å². The lowest BCUT2D eigenvalue weighted by molar-refractivity contribution is -0.120. The molecule has 3 rings (SSSR count). The monoisotopic (exact) mass is 340 g/mol. The van der Waals surface area contributed by atoms with E-state index in [2.05, 4.69) is 20.8 Å². The lowest BCUT2D eigenvalue weighted by atomic mass is 10.2. The molecule has 8 nitrogen and oxygen atoms in total. The Labute approximate surface area is 145 Å². The van der Waals surface area contributed by atoms with Gasteiger partial charge >= 0.3 is 0 Å². The third-order valence-electron chi connectivity index (χ3n) is 3.75. The predicted molar refractivity (Wildman–Crippen MR) is 93.8 cm³/mol. The second-order valence-corrected chi connectivity index (χ2v) is 5.88. The Morgan fingerprint density at radius 2 is 2.08 bits per heavy atom. The van der Waals surface area contributed by atoms with Crippen LogP contribution < -0.4 is 15.8 Å². The van der Waals surface area contributed by atoms with Crippen molar-refractivity contribution in [2.75, 3.05) is 5.01 Å². The fourth-order valence-electron chi connectivity index (χ4n) is 2.53. The molecule has 0 saturated heterocycles. The normalized spacial score (nSPS) is 18.3. The number of amides is 2. The molecule has 25 heavy (non-hydrogen) atoms. The summed E-state index contributed by atoms with van der Waals surface area (Å²) < 4.78 is 1.74. The highest BCUT2D eigenvalue weighted by Crippen LogP contribution is 2.15. The van der Waals surface area contributed by atoms with Gasteiger partial charge in [-0.15, -0.1) is 0 Å². The van der Waals surface area contributed by atoms with Crippen LogP contribution in [0.5, 0.6) is 0 Å². The molecule has 1 aliphatic heterocycles. The van der Waals surface area contributed by atoms with Crippen LogP contribution in [0.25, 0.3) is 0 Å². The summed E-state index contributed by atoms with van der Waals surface area (Å²) in [4.78, 5) is 29.0. The zero-order valence-corrected chi connectivity index (χ0v) is 14.1. The van der Waals surface area contributed by atoms with E-state index in [1.165, 1.54) is 5.01 Å². The Balaban J connectivity index is 1.69. The Bertz CT molecular complexity index is 772. The van der Waals surface area contributed by atoms with Gasteiger partial charge < -0.3 is 5.32 Å². The van der Waals surface area contributed by atoms with Gasteiger partial charge in [-0.25, -0.2) is 10.0 Å². The van der Waals surface area contributed by atoms with E-state index in [0.29, 0.717) is 12.2 Å². The van der Waals surface area contributed by atoms with Crippen LogP contribution >= 0.6 is 0 Å². The number of nitrogens with one attached hydrogen (secondary N) is 2. The Morgan fingerprint density at radius 3 is 2.76 bits per heavy atom. The van der Waals surface area contributed by atoms with Gasteiger partial charge in [0.15, 0.2) is 0 Å². The van der Waals surface area contributed by atoms with E-state index >= 15 is 0 Å². The topological polar surface area (TPSA) is 91.6 Å². The molecule has 2 N–H and O–H groups in total. The predicted octanol–water partition coefficient (Wildman–Crippen LogP) is 0.726. The van der Waals surface area contributed by atoms with Crippen LogP contribution in [0.3, 0.4) is 0 Å². The lowest BCUT2D eigenvalue weighted by Crippen LogP contribution is -2.58. The number of carbonyl (C=O) groups is 2. The molecule has 1 aromatic heterocycles. The molecule has 0 bridgehead atoms. The van der Waals surface area contributed by atoms with Crippen molar-refractivity contribution < 1.29 is 9.59 Å². The number of hydrazine groups is 1. The van der Waals surface area contributed by atoms with Crippen molar-refractivity contribution in [1.29, 1.82) is 0 Å². The standard InChI is InChI=1S/C17H20N6O2/c1-12(11-22-10-6-9-18-22)19-16(24)15-20-13(2)17(25)23(21-15)14-7-4-3-5-8-14/h3-10,12-13H,11H2,1-2H3,(H,19,24)(H,20,21)/t12-,13+/m1/s1. The maximum absolute atomic E-state index is 12.5. The zero-order valence-electron chi connectivity index (χ0n) is 14.1. The summed E-state index contributed by atoms with van der Waals surface area (Å²) in [7, 11) is 0. The molecule has 0 spiro atoms. The summed E-state index contributed by atoms with van der Waals surface area (Å²) in [6.07, 6.45) is 3.52. The summed E-state index contributed by atoms with van der Waals surface area (Å²) in [5.74, 6) is -0.462. The van der Waals surface area contributed by atoms with Crippen LogP contribution in [0.2, 0.25) is 0 Å². The average Bonchev–Trinajstić information content (AvgIpc) is 3.10. The number of carbonyl (C=O) groups excluding carboxylic acids is 2. The van der Waals surface area contributed by atoms with Gasteiger partial charge in [-0.05, 0) is 32.0 Å². The van der Waals surface area contributed by atoms with E-state index in [4.69, 9.17) is 0 Å². The third-order valence-corrected chi connectivity index (χ3v) is 3.75. The van der Waals surface area contributed by atoms with Crippen LogP contribution in [-0.4, -0.2) is 39.5 Å². The van der Waals surface area contributed by atoms with Crippen LogP contribution in [0, 0.1) is 0 Å². The first kappa shape index (κ1) is 16.7. The van der Waals surface area contributed by atoms with Crippen molar-refractivity contribution in [1.82, 2.24) is 20.5 Å². The zero-order chi connectivity index (χ0) is 17.8. The van der Waals surface area contributed by atoms with Crippen molar-refractivity contribution in [2.24, 2.45) is 4.99 Å². The van der Waals surface area contributed by atoms with Gasteiger partial charge in [0.05, 0.1) is 12.2 Å². The van der Waals surface area contributed by atoms with Gasteiger partial charge in [0, 0.05) is 18.4 Å². The number of aliphatic imine (C=N–C) groups is 1. The highest BCUT2D eigenvalue weighted by atomic mass is 16.2. The van der Waals surface area contributed by atoms with Gasteiger partial charge in [-0.2, -0.15) is 5.10 Å². The summed E-state index contributed by atoms with van der Waals surface area (Å²) in [6, 6.07) is 10.1. The second-order valence-electron chi connectivity index (χ2n) is 5.88. The van der Waals surface area contributed by atoms with Crippen LogP contribution in [-0.2, 0) is 16.1 Å². The number of rotatable bonds is 5. The molecule has 1 aromatic carbocycles. The second kappa shape index (κ2) is 7.16. The third kappa shape index (κ3) is 3.85. The van der Waals surface area contributed by atoms with Gasteiger partial charge in [0.2, 0.25) is 5.84 Å². The molecule has 0 unspecified atom stereocenters. The summed E-state index contributed by atoms with van der Waals surface area (Å²) in [6.45, 7) is 4.09. The molecule has 2 amide bonds. The molecule has 0 radical (unpaired) electrons. The Hall–Kier alpha value is -3.16. The van der Waals surface area contributed by atoms with Crippen molar-refractivity contribution in [3.8, 4) is 0 Å². The van der Waals surface area contributed by atoms with Gasteiger partial charge in [0.25, 0.3) is 11.8 Å². The van der Waals surface area contributed by atoms with Crippen LogP contribution in [0.1, 0.15) is 13.8 Å². The number of anilines is 1. The smallest absolute Gasteiger partial charge is 0.288 e. The van der Waals surface area contributed by atoms with Gasteiger partial charge in [0.1, 0.15) is 6.04 Å². The minimum absolute atomic E-state index is 0.114. The Morgan fingerprint density at radius 1 is 1.32 bits per heavy atom. The number of hydrogen-bond donors (Lipinski definition) is 2. The van der Waals surface area contributed by atoms with Crippen LogP contribution in [0.15, 0.2) is 53.8 Å². The summed E-state index contributed by atoms with van der Waals surface area (Å²) in [5.41, 5.74) is 3.47. The van der Waals surface area contributed by atoms with Gasteiger partial charge in [-0.1, -0.05) is 18.2 Å². The number of hydrogen-bond acceptors (Lipinski definition) is 5. The molecule has 130 valence electrons. The molecule has 8 heteroatoms. The first-order chi connectivity index (χ1) is 12.0. The average molecular weight is 340 g/mol. The fraction of sp³-hybridized carbons (Fsp3) is 0.294. The maximum atomic E-state index is 12.5. The van der Waals surface area contributed by atoms with E-state index in [-0.39, 0.29) is 23.7 Å². The molecule has 0 aliphatic carbocycles. The van der Waals surface area contributed by atoms with Crippen molar-refractivity contribution in [3.05, 3.63) is 48.8 Å². The SMILES string of the molecule is C[C@H](Cn1cccn1)NC(=O)C1=N[C@@H](C)C(=O)N(c2ccccc2)N1. The minimum atomic E-state index is -0.636. The van der Waals surface area contributed by atoms with Gasteiger partial charge in [-0.3, -0.25) is 19.7 Å². The molecule has 0 saturated carbocycles. The van der Waals surface area contributed by atoms with E-state index < -0.39 is 6.04 Å². The van der Waals surface area contributed by atoms with E-state index in [9.17, 15) is 9.59 Å². The molecular formula is C17H20N6O2. The molecule has 2 aromatic rings. The van der Waals surface area contributed by atoms with Crippen LogP contribution in [0.4, 0.5) is 5.69 Å². The van der Waals surface area contributed by atoms with Crippen molar-refractivity contribution >= 4 is 23.3 Å². The largest absolute Gasteiger partial charge is 0.345 e. The minimum Gasteiger partial charge on any atom is -0.345 e. The van der Waals surface area contributed by atoms with Crippen molar-refractivity contribution in [3.63, 3.8) is 0 Å². The quantitative estimate of drug-likeness (QED) is 0.839. The Kier molecular flexibility index (Phi) is 4.78. The molecular weight excluding hydrogens is 320 g/mol. The molecule has 2 atom stereocenters. The number of amidine groups is 1. The highest BCUT2D eigenvalue weighted by molar-refractivity contribution is 6.39.